The van der Waals surface area contributed by atoms with E-state index in [9.17, 15) is 4.79 Å². The number of hydrogen-bond acceptors (Lipinski definition) is 2. The van der Waals surface area contributed by atoms with Crippen molar-refractivity contribution in [3.8, 4) is 0 Å². The van der Waals surface area contributed by atoms with Crippen molar-refractivity contribution in [2.24, 2.45) is 5.41 Å². The predicted molar refractivity (Wildman–Crippen MR) is 73.1 cm³/mol. The number of anilines is 1. The summed E-state index contributed by atoms with van der Waals surface area (Å²) in [5, 5.41) is 6.09. The first-order valence-corrected chi connectivity index (χ1v) is 6.59. The van der Waals surface area contributed by atoms with Gasteiger partial charge in [-0.2, -0.15) is 0 Å². The topological polar surface area (TPSA) is 41.1 Å². The van der Waals surface area contributed by atoms with Gasteiger partial charge in [0, 0.05) is 16.7 Å². The average molecular weight is 297 g/mol. The molecule has 0 atom stereocenters. The molecule has 0 saturated heterocycles. The summed E-state index contributed by atoms with van der Waals surface area (Å²) in [5.41, 5.74) is 1.83. The molecule has 92 valence electrons. The van der Waals surface area contributed by atoms with E-state index in [1.807, 2.05) is 32.2 Å². The molecule has 0 radical (unpaired) electrons. The summed E-state index contributed by atoms with van der Waals surface area (Å²) in [5.74, 6) is 0.133. The second-order valence-electron chi connectivity index (χ2n) is 4.73. The molecule has 2 N–H and O–H groups in total. The first-order valence-electron chi connectivity index (χ1n) is 5.80. The van der Waals surface area contributed by atoms with Crippen LogP contribution in [0.4, 0.5) is 5.69 Å². The van der Waals surface area contributed by atoms with Gasteiger partial charge in [0.2, 0.25) is 5.91 Å². The van der Waals surface area contributed by atoms with Gasteiger partial charge < -0.3 is 10.6 Å². The van der Waals surface area contributed by atoms with Gasteiger partial charge in [-0.3, -0.25) is 4.79 Å². The van der Waals surface area contributed by atoms with E-state index < -0.39 is 0 Å². The predicted octanol–water partition coefficient (Wildman–Crippen LogP) is 2.70. The van der Waals surface area contributed by atoms with Crippen LogP contribution in [0.5, 0.6) is 0 Å². The van der Waals surface area contributed by atoms with Crippen molar-refractivity contribution >= 4 is 27.5 Å². The van der Waals surface area contributed by atoms with Gasteiger partial charge in [0.05, 0.1) is 5.41 Å². The number of benzene rings is 1. The Morgan fingerprint density at radius 1 is 1.47 bits per heavy atom. The minimum atomic E-state index is -0.171. The highest BCUT2D eigenvalue weighted by atomic mass is 79.9. The third-order valence-corrected chi connectivity index (χ3v) is 4.16. The van der Waals surface area contributed by atoms with Crippen LogP contribution in [-0.2, 0) is 4.79 Å². The summed E-state index contributed by atoms with van der Waals surface area (Å²) < 4.78 is 1.06. The Morgan fingerprint density at radius 2 is 2.18 bits per heavy atom. The molecule has 4 heteroatoms. The van der Waals surface area contributed by atoms with Gasteiger partial charge in [-0.1, -0.05) is 15.9 Å². The normalized spacial score (nSPS) is 16.6. The number of hydrogen-bond donors (Lipinski definition) is 2. The maximum Gasteiger partial charge on any atom is 0.231 e. The molecule has 0 aromatic heterocycles. The number of halogens is 1. The zero-order valence-electron chi connectivity index (χ0n) is 10.1. The van der Waals surface area contributed by atoms with Crippen molar-refractivity contribution in [1.29, 1.82) is 0 Å². The smallest absolute Gasteiger partial charge is 0.231 e. The van der Waals surface area contributed by atoms with Crippen molar-refractivity contribution in [3.63, 3.8) is 0 Å². The third kappa shape index (κ3) is 2.69. The molecule has 2 rings (SSSR count). The zero-order chi connectivity index (χ0) is 12.5. The lowest BCUT2D eigenvalue weighted by molar-refractivity contribution is -0.120. The Kier molecular flexibility index (Phi) is 3.54. The Bertz CT molecular complexity index is 441. The van der Waals surface area contributed by atoms with Crippen LogP contribution in [0.3, 0.4) is 0 Å². The molecule has 0 bridgehead atoms. The number of rotatable bonds is 4. The third-order valence-electron chi connectivity index (χ3n) is 3.27. The summed E-state index contributed by atoms with van der Waals surface area (Å²) in [4.78, 5) is 12.1. The van der Waals surface area contributed by atoms with E-state index in [0.717, 1.165) is 35.1 Å². The molecule has 1 aliphatic rings. The second kappa shape index (κ2) is 4.78. The fourth-order valence-electron chi connectivity index (χ4n) is 1.96. The molecular formula is C13H17BrN2O. The molecule has 3 nitrogen and oxygen atoms in total. The molecule has 0 spiro atoms. The number of nitrogens with one attached hydrogen (secondary N) is 2. The van der Waals surface area contributed by atoms with E-state index in [1.165, 1.54) is 0 Å². The van der Waals surface area contributed by atoms with Gasteiger partial charge >= 0.3 is 0 Å². The first kappa shape index (κ1) is 12.6. The number of carbonyl (C=O) groups is 1. The highest BCUT2D eigenvalue weighted by Crippen LogP contribution is 2.45. The van der Waals surface area contributed by atoms with E-state index in [-0.39, 0.29) is 11.3 Å². The molecule has 1 aliphatic carbocycles. The summed E-state index contributed by atoms with van der Waals surface area (Å²) in [6.07, 6.45) is 1.96. The van der Waals surface area contributed by atoms with Crippen LogP contribution in [0.25, 0.3) is 0 Å². The summed E-state index contributed by atoms with van der Waals surface area (Å²) in [6, 6.07) is 5.87. The van der Waals surface area contributed by atoms with Crippen molar-refractivity contribution in [3.05, 3.63) is 28.2 Å². The molecule has 0 unspecified atom stereocenters. The number of amides is 1. The highest BCUT2D eigenvalue weighted by Gasteiger charge is 2.49. The molecule has 0 heterocycles. The quantitative estimate of drug-likeness (QED) is 0.897. The van der Waals surface area contributed by atoms with Gasteiger partial charge in [0.15, 0.2) is 0 Å². The number of carbonyl (C=O) groups excluding carboxylic acids is 1. The van der Waals surface area contributed by atoms with Gasteiger partial charge in [0.25, 0.3) is 0 Å². The monoisotopic (exact) mass is 296 g/mol. The molecule has 1 saturated carbocycles. The van der Waals surface area contributed by atoms with Crippen molar-refractivity contribution in [2.75, 3.05) is 18.9 Å². The molecule has 1 aromatic carbocycles. The van der Waals surface area contributed by atoms with Crippen LogP contribution in [0, 0.1) is 12.3 Å². The van der Waals surface area contributed by atoms with Crippen LogP contribution in [0.2, 0.25) is 0 Å². The van der Waals surface area contributed by atoms with Gasteiger partial charge in [-0.25, -0.2) is 0 Å². The Labute approximate surface area is 110 Å². The maximum atomic E-state index is 12.1. The number of aryl methyl sites for hydroxylation is 1. The maximum absolute atomic E-state index is 12.1. The summed E-state index contributed by atoms with van der Waals surface area (Å²) in [7, 11) is 1.89. The van der Waals surface area contributed by atoms with Crippen molar-refractivity contribution in [1.82, 2.24) is 5.32 Å². The van der Waals surface area contributed by atoms with E-state index in [0.29, 0.717) is 0 Å². The molecule has 17 heavy (non-hydrogen) atoms. The van der Waals surface area contributed by atoms with E-state index in [1.54, 1.807) is 0 Å². The highest BCUT2D eigenvalue weighted by molar-refractivity contribution is 9.10. The standard InChI is InChI=1S/C13H17BrN2O/c1-9-7-10(3-4-11(9)14)16-12(17)13(5-6-13)8-15-2/h3-4,7,15H,5-6,8H2,1-2H3,(H,16,17). The van der Waals surface area contributed by atoms with E-state index in [4.69, 9.17) is 0 Å². The largest absolute Gasteiger partial charge is 0.326 e. The van der Waals surface area contributed by atoms with Crippen LogP contribution in [-0.4, -0.2) is 19.5 Å². The Hall–Kier alpha value is -0.870. The second-order valence-corrected chi connectivity index (χ2v) is 5.58. The Balaban J connectivity index is 2.06. The zero-order valence-corrected chi connectivity index (χ0v) is 11.7. The van der Waals surface area contributed by atoms with E-state index >= 15 is 0 Å². The molecule has 1 amide bonds. The lowest BCUT2D eigenvalue weighted by Gasteiger charge is -2.15. The van der Waals surface area contributed by atoms with Crippen LogP contribution >= 0.6 is 15.9 Å². The summed E-state index contributed by atoms with van der Waals surface area (Å²) >= 11 is 3.45. The Morgan fingerprint density at radius 3 is 2.71 bits per heavy atom. The lowest BCUT2D eigenvalue weighted by Crippen LogP contribution is -2.32. The molecule has 1 aromatic rings. The van der Waals surface area contributed by atoms with Crippen LogP contribution < -0.4 is 10.6 Å². The minimum Gasteiger partial charge on any atom is -0.326 e. The van der Waals surface area contributed by atoms with Crippen molar-refractivity contribution in [2.45, 2.75) is 19.8 Å². The van der Waals surface area contributed by atoms with Crippen LogP contribution in [0.1, 0.15) is 18.4 Å². The SMILES string of the molecule is CNCC1(C(=O)Nc2ccc(Br)c(C)c2)CC1. The van der Waals surface area contributed by atoms with Crippen LogP contribution in [0.15, 0.2) is 22.7 Å². The van der Waals surface area contributed by atoms with Crippen molar-refractivity contribution < 1.29 is 4.79 Å². The van der Waals surface area contributed by atoms with Gasteiger partial charge in [-0.05, 0) is 50.6 Å². The lowest BCUT2D eigenvalue weighted by atomic mass is 10.1. The molecule has 1 fully saturated rings. The summed E-state index contributed by atoms with van der Waals surface area (Å²) in [6.45, 7) is 2.77. The minimum absolute atomic E-state index is 0.133. The van der Waals surface area contributed by atoms with Gasteiger partial charge in [-0.15, -0.1) is 0 Å². The van der Waals surface area contributed by atoms with Gasteiger partial charge in [0.1, 0.15) is 0 Å². The first-order chi connectivity index (χ1) is 8.07. The fraction of sp³-hybridized carbons (Fsp3) is 0.462. The molecular weight excluding hydrogens is 280 g/mol. The van der Waals surface area contributed by atoms with E-state index in [2.05, 4.69) is 26.6 Å². The molecule has 0 aliphatic heterocycles. The average Bonchev–Trinajstić information content (AvgIpc) is 3.05. The fourth-order valence-corrected chi connectivity index (χ4v) is 2.21.